The lowest BCUT2D eigenvalue weighted by molar-refractivity contribution is 0.0664. The Balaban J connectivity index is 2.90. The third kappa shape index (κ3) is 2.82. The molecule has 1 nitrogen and oxygen atoms in total. The number of hydrogen-bond acceptors (Lipinski definition) is 1. The molecule has 2 heteroatoms. The molecule has 0 aliphatic heterocycles. The standard InChI is InChI=1S/C14H21FO/c1-10(2)11-5-7-12(8-6-11)13(15)14(3,4)9-16/h5-8,10,13,16H,9H2,1-4H3. The molecule has 0 heterocycles. The van der Waals surface area contributed by atoms with Crippen molar-refractivity contribution in [1.82, 2.24) is 0 Å². The van der Waals surface area contributed by atoms with Crippen LogP contribution in [0.25, 0.3) is 0 Å². The number of alkyl halides is 1. The monoisotopic (exact) mass is 224 g/mol. The highest BCUT2D eigenvalue weighted by Crippen LogP contribution is 2.36. The van der Waals surface area contributed by atoms with Crippen LogP contribution in [-0.4, -0.2) is 11.7 Å². The van der Waals surface area contributed by atoms with Crippen LogP contribution in [0.4, 0.5) is 4.39 Å². The zero-order valence-electron chi connectivity index (χ0n) is 10.5. The lowest BCUT2D eigenvalue weighted by Gasteiger charge is -2.26. The van der Waals surface area contributed by atoms with Gasteiger partial charge in [0.2, 0.25) is 0 Å². The van der Waals surface area contributed by atoms with Crippen LogP contribution in [0.2, 0.25) is 0 Å². The van der Waals surface area contributed by atoms with Gasteiger partial charge in [-0.05, 0) is 17.0 Å². The molecule has 0 saturated heterocycles. The van der Waals surface area contributed by atoms with Crippen LogP contribution in [0, 0.1) is 5.41 Å². The molecule has 1 N–H and O–H groups in total. The summed E-state index contributed by atoms with van der Waals surface area (Å²) in [5.74, 6) is 0.456. The van der Waals surface area contributed by atoms with Crippen LogP contribution in [0.15, 0.2) is 24.3 Å². The molecule has 0 aromatic heterocycles. The minimum Gasteiger partial charge on any atom is -0.396 e. The van der Waals surface area contributed by atoms with Crippen LogP contribution >= 0.6 is 0 Å². The summed E-state index contributed by atoms with van der Waals surface area (Å²) in [7, 11) is 0. The van der Waals surface area contributed by atoms with Crippen molar-refractivity contribution < 1.29 is 9.50 Å². The van der Waals surface area contributed by atoms with Gasteiger partial charge in [-0.1, -0.05) is 52.0 Å². The Morgan fingerprint density at radius 2 is 1.56 bits per heavy atom. The summed E-state index contributed by atoms with van der Waals surface area (Å²) in [6, 6.07) is 7.55. The van der Waals surface area contributed by atoms with Crippen LogP contribution in [0.5, 0.6) is 0 Å². The summed E-state index contributed by atoms with van der Waals surface area (Å²) < 4.78 is 14.1. The van der Waals surface area contributed by atoms with Gasteiger partial charge in [0.15, 0.2) is 0 Å². The van der Waals surface area contributed by atoms with Gasteiger partial charge in [-0.2, -0.15) is 0 Å². The van der Waals surface area contributed by atoms with Crippen LogP contribution < -0.4 is 0 Å². The first-order chi connectivity index (χ1) is 7.38. The number of halogens is 1. The van der Waals surface area contributed by atoms with Gasteiger partial charge in [-0.15, -0.1) is 0 Å². The first-order valence-corrected chi connectivity index (χ1v) is 5.73. The number of aliphatic hydroxyl groups is 1. The summed E-state index contributed by atoms with van der Waals surface area (Å²) in [5, 5.41) is 9.13. The maximum Gasteiger partial charge on any atom is 0.132 e. The van der Waals surface area contributed by atoms with E-state index in [1.54, 1.807) is 13.8 Å². The molecule has 1 atom stereocenters. The fourth-order valence-corrected chi connectivity index (χ4v) is 1.58. The van der Waals surface area contributed by atoms with Crippen LogP contribution in [0.1, 0.15) is 50.9 Å². The van der Waals surface area contributed by atoms with E-state index in [1.165, 1.54) is 5.56 Å². The fourth-order valence-electron chi connectivity index (χ4n) is 1.58. The first-order valence-electron chi connectivity index (χ1n) is 5.73. The molecule has 1 unspecified atom stereocenters. The molecule has 90 valence electrons. The van der Waals surface area contributed by atoms with Crippen molar-refractivity contribution in [2.45, 2.75) is 39.8 Å². The second-order valence-corrected chi connectivity index (χ2v) is 5.33. The van der Waals surface area contributed by atoms with E-state index in [0.717, 1.165) is 0 Å². The van der Waals surface area contributed by atoms with E-state index in [-0.39, 0.29) is 6.61 Å². The quantitative estimate of drug-likeness (QED) is 0.823. The number of rotatable bonds is 4. The highest BCUT2D eigenvalue weighted by molar-refractivity contribution is 5.27. The van der Waals surface area contributed by atoms with Gasteiger partial charge in [-0.25, -0.2) is 4.39 Å². The van der Waals surface area contributed by atoms with Gasteiger partial charge < -0.3 is 5.11 Å². The van der Waals surface area contributed by atoms with E-state index in [2.05, 4.69) is 13.8 Å². The van der Waals surface area contributed by atoms with Crippen molar-refractivity contribution >= 4 is 0 Å². The first kappa shape index (κ1) is 13.2. The summed E-state index contributed by atoms with van der Waals surface area (Å²) >= 11 is 0. The Labute approximate surface area is 97.3 Å². The molecule has 1 aromatic carbocycles. The Bertz CT molecular complexity index is 327. The smallest absolute Gasteiger partial charge is 0.132 e. The fraction of sp³-hybridized carbons (Fsp3) is 0.571. The van der Waals surface area contributed by atoms with E-state index in [4.69, 9.17) is 5.11 Å². The predicted molar refractivity (Wildman–Crippen MR) is 65.2 cm³/mol. The number of aliphatic hydroxyl groups excluding tert-OH is 1. The van der Waals surface area contributed by atoms with Crippen molar-refractivity contribution in [3.8, 4) is 0 Å². The third-order valence-corrected chi connectivity index (χ3v) is 2.99. The highest BCUT2D eigenvalue weighted by atomic mass is 19.1. The van der Waals surface area contributed by atoms with E-state index in [9.17, 15) is 4.39 Å². The lowest BCUT2D eigenvalue weighted by Crippen LogP contribution is -2.23. The molecule has 0 radical (unpaired) electrons. The number of hydrogen-bond donors (Lipinski definition) is 1. The number of benzene rings is 1. The van der Waals surface area contributed by atoms with E-state index in [0.29, 0.717) is 11.5 Å². The minimum atomic E-state index is -1.13. The van der Waals surface area contributed by atoms with Crippen molar-refractivity contribution in [1.29, 1.82) is 0 Å². The molecule has 0 aliphatic rings. The average Bonchev–Trinajstić information content (AvgIpc) is 2.28. The summed E-state index contributed by atoms with van der Waals surface area (Å²) in [4.78, 5) is 0. The summed E-state index contributed by atoms with van der Waals surface area (Å²) in [6.45, 7) is 7.53. The molecular formula is C14H21FO. The van der Waals surface area contributed by atoms with Crippen LogP contribution in [0.3, 0.4) is 0 Å². The van der Waals surface area contributed by atoms with E-state index >= 15 is 0 Å². The van der Waals surface area contributed by atoms with Crippen molar-refractivity contribution in [2.75, 3.05) is 6.61 Å². The van der Waals surface area contributed by atoms with Gasteiger partial charge in [-0.3, -0.25) is 0 Å². The molecule has 0 saturated carbocycles. The van der Waals surface area contributed by atoms with Crippen molar-refractivity contribution in [2.24, 2.45) is 5.41 Å². The average molecular weight is 224 g/mol. The molecule has 0 fully saturated rings. The maximum atomic E-state index is 14.1. The van der Waals surface area contributed by atoms with Crippen LogP contribution in [-0.2, 0) is 0 Å². The molecule has 1 rings (SSSR count). The maximum absolute atomic E-state index is 14.1. The SMILES string of the molecule is CC(C)c1ccc(C(F)C(C)(C)CO)cc1. The Kier molecular flexibility index (Phi) is 4.09. The predicted octanol–water partition coefficient (Wildman–Crippen LogP) is 3.84. The van der Waals surface area contributed by atoms with Gasteiger partial charge in [0.05, 0.1) is 6.61 Å². The minimum absolute atomic E-state index is 0.153. The molecular weight excluding hydrogens is 203 g/mol. The zero-order valence-corrected chi connectivity index (χ0v) is 10.5. The molecule has 0 amide bonds. The lowest BCUT2D eigenvalue weighted by atomic mass is 9.84. The van der Waals surface area contributed by atoms with Gasteiger partial charge >= 0.3 is 0 Å². The zero-order chi connectivity index (χ0) is 12.3. The third-order valence-electron chi connectivity index (χ3n) is 2.99. The molecule has 0 bridgehead atoms. The van der Waals surface area contributed by atoms with Crippen molar-refractivity contribution in [3.05, 3.63) is 35.4 Å². The van der Waals surface area contributed by atoms with Gasteiger partial charge in [0.1, 0.15) is 6.17 Å². The second-order valence-electron chi connectivity index (χ2n) is 5.33. The van der Waals surface area contributed by atoms with E-state index < -0.39 is 11.6 Å². The Morgan fingerprint density at radius 1 is 1.12 bits per heavy atom. The second kappa shape index (κ2) is 4.96. The molecule has 0 spiro atoms. The normalized spacial score (nSPS) is 14.2. The highest BCUT2D eigenvalue weighted by Gasteiger charge is 2.30. The molecule has 1 aromatic rings. The Hall–Kier alpha value is -0.890. The van der Waals surface area contributed by atoms with E-state index in [1.807, 2.05) is 24.3 Å². The molecule has 0 aliphatic carbocycles. The van der Waals surface area contributed by atoms with Crippen molar-refractivity contribution in [3.63, 3.8) is 0 Å². The largest absolute Gasteiger partial charge is 0.396 e. The van der Waals surface area contributed by atoms with Gasteiger partial charge in [0, 0.05) is 5.41 Å². The summed E-state index contributed by atoms with van der Waals surface area (Å²) in [6.07, 6.45) is -1.13. The van der Waals surface area contributed by atoms with Gasteiger partial charge in [0.25, 0.3) is 0 Å². The Morgan fingerprint density at radius 3 is 1.94 bits per heavy atom. The molecule has 16 heavy (non-hydrogen) atoms. The summed E-state index contributed by atoms with van der Waals surface area (Å²) in [5.41, 5.74) is 1.13. The topological polar surface area (TPSA) is 20.2 Å².